The quantitative estimate of drug-likeness (QED) is 0.865. The van der Waals surface area contributed by atoms with Crippen LogP contribution in [0.15, 0.2) is 34.8 Å². The summed E-state index contributed by atoms with van der Waals surface area (Å²) in [6.45, 7) is 4.86. The highest BCUT2D eigenvalue weighted by Gasteiger charge is 2.23. The van der Waals surface area contributed by atoms with E-state index in [0.29, 0.717) is 23.3 Å². The molecular weight excluding hydrogens is 326 g/mol. The fourth-order valence-electron chi connectivity index (χ4n) is 3.37. The molecule has 1 unspecified atom stereocenters. The second-order valence-electron chi connectivity index (χ2n) is 6.21. The molecule has 1 fully saturated rings. The van der Waals surface area contributed by atoms with Crippen LogP contribution in [0, 0.1) is 5.92 Å². The Labute approximate surface area is 147 Å². The molecule has 1 aromatic rings. The first-order valence-electron chi connectivity index (χ1n) is 8.45. The van der Waals surface area contributed by atoms with Crippen LogP contribution in [0.4, 0.5) is 5.69 Å². The van der Waals surface area contributed by atoms with Gasteiger partial charge in [0, 0.05) is 25.9 Å². The molecule has 6 nitrogen and oxygen atoms in total. The average Bonchev–Trinajstić information content (AvgIpc) is 2.61. The van der Waals surface area contributed by atoms with Crippen LogP contribution in [0.5, 0.6) is 0 Å². The molecule has 0 amide bonds. The van der Waals surface area contributed by atoms with Crippen molar-refractivity contribution in [3.63, 3.8) is 0 Å². The molecule has 1 aromatic heterocycles. The van der Waals surface area contributed by atoms with Crippen LogP contribution < -0.4 is 21.1 Å². The Hall–Kier alpha value is -1.79. The maximum atomic E-state index is 12.4. The van der Waals surface area contributed by atoms with E-state index in [0.717, 1.165) is 13.1 Å². The van der Waals surface area contributed by atoms with Gasteiger partial charge in [-0.25, -0.2) is 4.68 Å². The Morgan fingerprint density at radius 1 is 1.42 bits per heavy atom. The first-order valence-corrected chi connectivity index (χ1v) is 8.83. The van der Waals surface area contributed by atoms with E-state index >= 15 is 0 Å². The lowest BCUT2D eigenvalue weighted by molar-refractivity contribution is 0.421. The van der Waals surface area contributed by atoms with E-state index in [2.05, 4.69) is 34.1 Å². The Morgan fingerprint density at radius 2 is 2.17 bits per heavy atom. The highest BCUT2D eigenvalue weighted by molar-refractivity contribution is 6.29. The van der Waals surface area contributed by atoms with Gasteiger partial charge in [-0.15, -0.1) is 0 Å². The van der Waals surface area contributed by atoms with E-state index in [-0.39, 0.29) is 11.7 Å². The number of hydrogen-bond acceptors (Lipinski definition) is 5. The molecule has 3 heterocycles. The summed E-state index contributed by atoms with van der Waals surface area (Å²) in [7, 11) is 1.62. The second kappa shape index (κ2) is 7.40. The van der Waals surface area contributed by atoms with Gasteiger partial charge in [-0.05, 0) is 50.4 Å². The van der Waals surface area contributed by atoms with E-state index in [4.69, 9.17) is 11.6 Å². The summed E-state index contributed by atoms with van der Waals surface area (Å²) >= 11 is 6.03. The monoisotopic (exact) mass is 349 g/mol. The van der Waals surface area contributed by atoms with Gasteiger partial charge in [0.1, 0.15) is 11.9 Å². The zero-order chi connectivity index (χ0) is 17.1. The third-order valence-electron chi connectivity index (χ3n) is 4.70. The minimum atomic E-state index is -0.149. The predicted octanol–water partition coefficient (Wildman–Crippen LogP) is 1.63. The number of aryl methyl sites for hydroxylation is 1. The van der Waals surface area contributed by atoms with Gasteiger partial charge in [0.25, 0.3) is 5.56 Å². The van der Waals surface area contributed by atoms with Crippen molar-refractivity contribution in [1.82, 2.24) is 20.4 Å². The summed E-state index contributed by atoms with van der Waals surface area (Å²) in [5.41, 5.74) is 1.75. The third-order valence-corrected chi connectivity index (χ3v) is 4.89. The standard InChI is InChI=1S/C17H24ClN5O/c1-3-23(14-10-15(18)21-22(2)17(14)24)16-5-4-13(11-20-16)12-6-8-19-9-7-12/h4-5,10-12,16,19-20H,3,6-9H2,1-2H3. The van der Waals surface area contributed by atoms with Crippen molar-refractivity contribution in [2.75, 3.05) is 24.5 Å². The highest BCUT2D eigenvalue weighted by atomic mass is 35.5. The molecule has 0 aromatic carbocycles. The van der Waals surface area contributed by atoms with Crippen LogP contribution in [0.3, 0.4) is 0 Å². The number of hydrogen-bond donors (Lipinski definition) is 2. The number of piperidine rings is 1. The molecule has 7 heteroatoms. The first kappa shape index (κ1) is 17.0. The Balaban J connectivity index is 1.78. The largest absolute Gasteiger partial charge is 0.368 e. The molecule has 2 aliphatic rings. The summed E-state index contributed by atoms with van der Waals surface area (Å²) in [4.78, 5) is 14.4. The maximum absolute atomic E-state index is 12.4. The van der Waals surface area contributed by atoms with E-state index in [1.54, 1.807) is 13.1 Å². The van der Waals surface area contributed by atoms with Crippen LogP contribution >= 0.6 is 11.6 Å². The predicted molar refractivity (Wildman–Crippen MR) is 97.2 cm³/mol. The average molecular weight is 350 g/mol. The smallest absolute Gasteiger partial charge is 0.290 e. The molecule has 1 saturated heterocycles. The molecule has 0 saturated carbocycles. The van der Waals surface area contributed by atoms with Crippen molar-refractivity contribution in [3.8, 4) is 0 Å². The Morgan fingerprint density at radius 3 is 2.79 bits per heavy atom. The number of halogens is 1. The lowest BCUT2D eigenvalue weighted by Crippen LogP contribution is -2.46. The third kappa shape index (κ3) is 3.49. The second-order valence-corrected chi connectivity index (χ2v) is 6.59. The normalized spacial score (nSPS) is 21.3. The number of rotatable bonds is 4. The summed E-state index contributed by atoms with van der Waals surface area (Å²) in [5.74, 6) is 0.606. The molecule has 0 aliphatic carbocycles. The molecular formula is C17H24ClN5O. The molecule has 0 spiro atoms. The molecule has 2 aliphatic heterocycles. The topological polar surface area (TPSA) is 62.2 Å². The molecule has 0 radical (unpaired) electrons. The van der Waals surface area contributed by atoms with E-state index in [1.807, 2.05) is 11.8 Å². The number of likely N-dealkylation sites (N-methyl/N-ethyl adjacent to an activating group) is 1. The molecule has 2 N–H and O–H groups in total. The molecule has 0 bridgehead atoms. The summed E-state index contributed by atoms with van der Waals surface area (Å²) < 4.78 is 1.28. The minimum Gasteiger partial charge on any atom is -0.368 e. The first-order chi connectivity index (χ1) is 11.6. The SMILES string of the molecule is CCN(c1cc(Cl)nn(C)c1=O)C1C=CC(C2CCNCC2)=CN1. The Bertz CT molecular complexity index is 705. The number of nitrogens with one attached hydrogen (secondary N) is 2. The van der Waals surface area contributed by atoms with Gasteiger partial charge < -0.3 is 15.5 Å². The maximum Gasteiger partial charge on any atom is 0.290 e. The highest BCUT2D eigenvalue weighted by Crippen LogP contribution is 2.25. The zero-order valence-electron chi connectivity index (χ0n) is 14.1. The number of allylic oxidation sites excluding steroid dienone is 2. The van der Waals surface area contributed by atoms with Crippen molar-refractivity contribution in [3.05, 3.63) is 45.5 Å². The van der Waals surface area contributed by atoms with Gasteiger partial charge in [-0.2, -0.15) is 5.10 Å². The Kier molecular flexibility index (Phi) is 5.26. The van der Waals surface area contributed by atoms with E-state index < -0.39 is 0 Å². The van der Waals surface area contributed by atoms with E-state index in [1.165, 1.54) is 23.1 Å². The van der Waals surface area contributed by atoms with Crippen LogP contribution in [-0.2, 0) is 7.05 Å². The fraction of sp³-hybridized carbons (Fsp3) is 0.529. The summed E-state index contributed by atoms with van der Waals surface area (Å²) in [6.07, 6.45) is 8.67. The fourth-order valence-corrected chi connectivity index (χ4v) is 3.59. The van der Waals surface area contributed by atoms with Crippen LogP contribution in [0.2, 0.25) is 5.15 Å². The molecule has 3 rings (SSSR count). The molecule has 1 atom stereocenters. The van der Waals surface area contributed by atoms with E-state index in [9.17, 15) is 4.79 Å². The van der Waals surface area contributed by atoms with Crippen molar-refractivity contribution in [1.29, 1.82) is 0 Å². The van der Waals surface area contributed by atoms with Crippen LogP contribution in [0.25, 0.3) is 0 Å². The van der Waals surface area contributed by atoms with Crippen molar-refractivity contribution in [2.45, 2.75) is 25.9 Å². The minimum absolute atomic E-state index is 0.0633. The van der Waals surface area contributed by atoms with Crippen molar-refractivity contribution >= 4 is 17.3 Å². The lowest BCUT2D eigenvalue weighted by atomic mass is 9.89. The van der Waals surface area contributed by atoms with Crippen LogP contribution in [0.1, 0.15) is 19.8 Å². The van der Waals surface area contributed by atoms with Gasteiger partial charge in [-0.3, -0.25) is 4.79 Å². The number of nitrogens with zero attached hydrogens (tertiary/aromatic N) is 3. The molecule has 130 valence electrons. The molecule has 24 heavy (non-hydrogen) atoms. The van der Waals surface area contributed by atoms with Crippen LogP contribution in [-0.4, -0.2) is 35.6 Å². The number of dihydropyridines is 1. The van der Waals surface area contributed by atoms with Gasteiger partial charge in [0.05, 0.1) is 0 Å². The zero-order valence-corrected chi connectivity index (χ0v) is 14.9. The van der Waals surface area contributed by atoms with Crippen molar-refractivity contribution < 1.29 is 0 Å². The number of anilines is 1. The summed E-state index contributed by atoms with van der Waals surface area (Å²) in [5, 5.41) is 11.1. The summed E-state index contributed by atoms with van der Waals surface area (Å²) in [6, 6.07) is 1.63. The van der Waals surface area contributed by atoms with Gasteiger partial charge in [-0.1, -0.05) is 17.7 Å². The van der Waals surface area contributed by atoms with Gasteiger partial charge in [0.2, 0.25) is 0 Å². The van der Waals surface area contributed by atoms with Gasteiger partial charge >= 0.3 is 0 Å². The van der Waals surface area contributed by atoms with Crippen molar-refractivity contribution in [2.24, 2.45) is 13.0 Å². The van der Waals surface area contributed by atoms with Gasteiger partial charge in [0.15, 0.2) is 5.15 Å². The number of aromatic nitrogens is 2. The lowest BCUT2D eigenvalue weighted by Gasteiger charge is -2.34.